The fourth-order valence-corrected chi connectivity index (χ4v) is 2.56. The molecule has 1 N–H and O–H groups in total. The van der Waals surface area contributed by atoms with Crippen molar-refractivity contribution >= 4 is 23.2 Å². The zero-order valence-electron chi connectivity index (χ0n) is 12.1. The molecule has 1 atom stereocenters. The van der Waals surface area contributed by atoms with Gasteiger partial charge in [0.1, 0.15) is 11.6 Å². The quantitative estimate of drug-likeness (QED) is 0.946. The van der Waals surface area contributed by atoms with Crippen LogP contribution in [-0.2, 0) is 9.59 Å². The molecule has 2 aromatic carbocycles. The number of carbonyl (C=O) groups is 2. The first-order valence-corrected chi connectivity index (χ1v) is 7.16. The highest BCUT2D eigenvalue weighted by molar-refractivity contribution is 6.03. The summed E-state index contributed by atoms with van der Waals surface area (Å²) in [6.07, 6.45) is 0.0152. The fraction of sp³-hybridized carbons (Fsp3) is 0.176. The van der Waals surface area contributed by atoms with Crippen molar-refractivity contribution in [1.82, 2.24) is 0 Å². The Bertz CT molecular complexity index is 747. The fourth-order valence-electron chi connectivity index (χ4n) is 2.56. The van der Waals surface area contributed by atoms with E-state index in [9.17, 15) is 18.4 Å². The standard InChI is InChI=1S/C17H14F2N2O2/c18-12-5-7-13(8-6-12)20-17(23)11-9-16(22)21(10-11)15-4-2-1-3-14(15)19/h1-8,11H,9-10H2,(H,20,23)/t11-/m1/s1. The van der Waals surface area contributed by atoms with Gasteiger partial charge in [-0.2, -0.15) is 0 Å². The zero-order valence-corrected chi connectivity index (χ0v) is 12.1. The van der Waals surface area contributed by atoms with Crippen LogP contribution in [0.4, 0.5) is 20.2 Å². The summed E-state index contributed by atoms with van der Waals surface area (Å²) in [4.78, 5) is 25.6. The van der Waals surface area contributed by atoms with Crippen LogP contribution in [0.3, 0.4) is 0 Å². The second kappa shape index (κ2) is 6.16. The lowest BCUT2D eigenvalue weighted by molar-refractivity contribution is -0.122. The predicted molar refractivity (Wildman–Crippen MR) is 81.9 cm³/mol. The summed E-state index contributed by atoms with van der Waals surface area (Å²) in [5.74, 6) is -2.12. The minimum absolute atomic E-state index is 0.0152. The van der Waals surface area contributed by atoms with Crippen molar-refractivity contribution in [2.24, 2.45) is 5.92 Å². The Morgan fingerprint density at radius 2 is 1.78 bits per heavy atom. The lowest BCUT2D eigenvalue weighted by atomic mass is 10.1. The Hall–Kier alpha value is -2.76. The van der Waals surface area contributed by atoms with Gasteiger partial charge in [-0.1, -0.05) is 12.1 Å². The summed E-state index contributed by atoms with van der Waals surface area (Å²) in [7, 11) is 0. The summed E-state index contributed by atoms with van der Waals surface area (Å²) in [6, 6.07) is 11.3. The third-order valence-corrected chi connectivity index (χ3v) is 3.75. The van der Waals surface area contributed by atoms with Gasteiger partial charge in [0.05, 0.1) is 11.6 Å². The lowest BCUT2D eigenvalue weighted by Crippen LogP contribution is -2.28. The zero-order chi connectivity index (χ0) is 16.4. The number of hydrogen-bond acceptors (Lipinski definition) is 2. The summed E-state index contributed by atoms with van der Waals surface area (Å²) in [6.45, 7) is 0.118. The Morgan fingerprint density at radius 1 is 1.09 bits per heavy atom. The van der Waals surface area contributed by atoms with Crippen LogP contribution in [-0.4, -0.2) is 18.4 Å². The summed E-state index contributed by atoms with van der Waals surface area (Å²) in [5.41, 5.74) is 0.628. The van der Waals surface area contributed by atoms with Gasteiger partial charge in [-0.25, -0.2) is 8.78 Å². The third kappa shape index (κ3) is 3.21. The van der Waals surface area contributed by atoms with E-state index in [1.807, 2.05) is 0 Å². The molecule has 23 heavy (non-hydrogen) atoms. The highest BCUT2D eigenvalue weighted by Gasteiger charge is 2.36. The number of anilines is 2. The van der Waals surface area contributed by atoms with Gasteiger partial charge < -0.3 is 10.2 Å². The maximum Gasteiger partial charge on any atom is 0.229 e. The van der Waals surface area contributed by atoms with E-state index in [-0.39, 0.29) is 30.5 Å². The van der Waals surface area contributed by atoms with Gasteiger partial charge in [0, 0.05) is 18.7 Å². The molecule has 3 rings (SSSR count). The van der Waals surface area contributed by atoms with Gasteiger partial charge in [-0.15, -0.1) is 0 Å². The molecule has 0 radical (unpaired) electrons. The van der Waals surface area contributed by atoms with E-state index in [0.29, 0.717) is 5.69 Å². The van der Waals surface area contributed by atoms with Crippen LogP contribution in [0.15, 0.2) is 48.5 Å². The SMILES string of the molecule is O=C(Nc1ccc(F)cc1)[C@@H]1CC(=O)N(c2ccccc2F)C1. The van der Waals surface area contributed by atoms with Crippen LogP contribution < -0.4 is 10.2 Å². The molecular weight excluding hydrogens is 302 g/mol. The highest BCUT2D eigenvalue weighted by Crippen LogP contribution is 2.28. The molecule has 2 amide bonds. The number of amides is 2. The van der Waals surface area contributed by atoms with Crippen LogP contribution in [0.25, 0.3) is 0 Å². The summed E-state index contributed by atoms with van der Waals surface area (Å²) in [5, 5.41) is 2.64. The van der Waals surface area contributed by atoms with E-state index in [1.165, 1.54) is 47.4 Å². The first-order chi connectivity index (χ1) is 11.0. The van der Waals surface area contributed by atoms with Gasteiger partial charge in [0.15, 0.2) is 0 Å². The predicted octanol–water partition coefficient (Wildman–Crippen LogP) is 2.96. The molecule has 0 unspecified atom stereocenters. The van der Waals surface area contributed by atoms with Gasteiger partial charge in [-0.05, 0) is 36.4 Å². The second-order valence-corrected chi connectivity index (χ2v) is 5.35. The normalized spacial score (nSPS) is 17.4. The maximum absolute atomic E-state index is 13.8. The molecule has 118 valence electrons. The topological polar surface area (TPSA) is 49.4 Å². The molecule has 2 aromatic rings. The van der Waals surface area contributed by atoms with Crippen molar-refractivity contribution in [3.8, 4) is 0 Å². The minimum Gasteiger partial charge on any atom is -0.326 e. The van der Waals surface area contributed by atoms with Crippen molar-refractivity contribution < 1.29 is 18.4 Å². The van der Waals surface area contributed by atoms with Gasteiger partial charge in [0.25, 0.3) is 0 Å². The van der Waals surface area contributed by atoms with Gasteiger partial charge in [-0.3, -0.25) is 9.59 Å². The Kier molecular flexibility index (Phi) is 4.06. The number of para-hydroxylation sites is 1. The second-order valence-electron chi connectivity index (χ2n) is 5.35. The summed E-state index contributed by atoms with van der Waals surface area (Å²) < 4.78 is 26.7. The molecule has 1 heterocycles. The number of nitrogens with one attached hydrogen (secondary N) is 1. The Labute approximate surface area is 131 Å². The lowest BCUT2D eigenvalue weighted by Gasteiger charge is -2.17. The van der Waals surface area contributed by atoms with E-state index in [0.717, 1.165) is 0 Å². The van der Waals surface area contributed by atoms with Crippen molar-refractivity contribution in [2.45, 2.75) is 6.42 Å². The van der Waals surface area contributed by atoms with Crippen molar-refractivity contribution in [1.29, 1.82) is 0 Å². The third-order valence-electron chi connectivity index (χ3n) is 3.75. The monoisotopic (exact) mass is 316 g/mol. The molecule has 0 bridgehead atoms. The molecule has 1 saturated heterocycles. The molecule has 0 saturated carbocycles. The molecular formula is C17H14F2N2O2. The molecule has 0 aromatic heterocycles. The average molecular weight is 316 g/mol. The van der Waals surface area contributed by atoms with E-state index in [1.54, 1.807) is 6.07 Å². The molecule has 1 aliphatic rings. The summed E-state index contributed by atoms with van der Waals surface area (Å²) >= 11 is 0. The molecule has 1 aliphatic heterocycles. The molecule has 0 aliphatic carbocycles. The molecule has 0 spiro atoms. The number of nitrogens with zero attached hydrogens (tertiary/aromatic N) is 1. The number of rotatable bonds is 3. The number of benzene rings is 2. The minimum atomic E-state index is -0.577. The van der Waals surface area contributed by atoms with Crippen molar-refractivity contribution in [3.63, 3.8) is 0 Å². The van der Waals surface area contributed by atoms with Crippen molar-refractivity contribution in [3.05, 3.63) is 60.2 Å². The van der Waals surface area contributed by atoms with Crippen LogP contribution in [0.1, 0.15) is 6.42 Å². The van der Waals surface area contributed by atoms with Crippen LogP contribution in [0, 0.1) is 17.6 Å². The van der Waals surface area contributed by atoms with Crippen LogP contribution >= 0.6 is 0 Å². The first-order valence-electron chi connectivity index (χ1n) is 7.16. The van der Waals surface area contributed by atoms with E-state index < -0.39 is 17.6 Å². The van der Waals surface area contributed by atoms with E-state index in [4.69, 9.17) is 0 Å². The highest BCUT2D eigenvalue weighted by atomic mass is 19.1. The number of halogens is 2. The maximum atomic E-state index is 13.8. The van der Waals surface area contributed by atoms with Gasteiger partial charge >= 0.3 is 0 Å². The smallest absolute Gasteiger partial charge is 0.229 e. The van der Waals surface area contributed by atoms with Crippen LogP contribution in [0.2, 0.25) is 0 Å². The Balaban J connectivity index is 1.71. The largest absolute Gasteiger partial charge is 0.326 e. The average Bonchev–Trinajstić information content (AvgIpc) is 2.92. The van der Waals surface area contributed by atoms with E-state index in [2.05, 4.69) is 5.32 Å². The molecule has 4 nitrogen and oxygen atoms in total. The number of carbonyl (C=O) groups excluding carboxylic acids is 2. The number of hydrogen-bond donors (Lipinski definition) is 1. The van der Waals surface area contributed by atoms with Crippen LogP contribution in [0.5, 0.6) is 0 Å². The molecule has 6 heteroatoms. The van der Waals surface area contributed by atoms with Gasteiger partial charge in [0.2, 0.25) is 11.8 Å². The van der Waals surface area contributed by atoms with E-state index >= 15 is 0 Å². The molecule has 1 fully saturated rings. The first kappa shape index (κ1) is 15.1. The Morgan fingerprint density at radius 3 is 2.48 bits per heavy atom. The van der Waals surface area contributed by atoms with Crippen molar-refractivity contribution in [2.75, 3.05) is 16.8 Å².